The van der Waals surface area contributed by atoms with Gasteiger partial charge in [0.2, 0.25) is 0 Å². The van der Waals surface area contributed by atoms with Crippen molar-refractivity contribution >= 4 is 0 Å². The molecule has 4 nitrogen and oxygen atoms in total. The monoisotopic (exact) mass is 238 g/mol. The normalized spacial score (nSPS) is 17.4. The van der Waals surface area contributed by atoms with E-state index < -0.39 is 0 Å². The molecule has 0 spiro atoms. The van der Waals surface area contributed by atoms with Gasteiger partial charge in [-0.1, -0.05) is 0 Å². The van der Waals surface area contributed by atoms with Gasteiger partial charge < -0.3 is 19.3 Å². The number of ether oxygens (including phenoxy) is 3. The molecule has 0 amide bonds. The minimum absolute atomic E-state index is 0.0866. The van der Waals surface area contributed by atoms with E-state index >= 15 is 0 Å². The quantitative estimate of drug-likeness (QED) is 0.858. The highest BCUT2D eigenvalue weighted by atomic mass is 16.5. The van der Waals surface area contributed by atoms with E-state index in [1.165, 1.54) is 0 Å². The van der Waals surface area contributed by atoms with Crippen LogP contribution in [0.25, 0.3) is 0 Å². The van der Waals surface area contributed by atoms with E-state index in [4.69, 9.17) is 14.2 Å². The first-order chi connectivity index (χ1) is 8.16. The lowest BCUT2D eigenvalue weighted by Gasteiger charge is -2.41. The summed E-state index contributed by atoms with van der Waals surface area (Å²) in [6, 6.07) is 3.87. The zero-order valence-corrected chi connectivity index (χ0v) is 10.4. The Kier molecular flexibility index (Phi) is 3.26. The van der Waals surface area contributed by atoms with Gasteiger partial charge in [-0.25, -0.2) is 0 Å². The molecule has 1 N–H and O–H groups in total. The molecule has 1 aromatic carbocycles. The third kappa shape index (κ3) is 1.87. The maximum absolute atomic E-state index is 9.55. The summed E-state index contributed by atoms with van der Waals surface area (Å²) in [6.07, 6.45) is 0. The van der Waals surface area contributed by atoms with E-state index in [1.807, 2.05) is 19.1 Å². The molecule has 0 bridgehead atoms. The third-order valence-electron chi connectivity index (χ3n) is 3.36. The van der Waals surface area contributed by atoms with Crippen molar-refractivity contribution in [3.63, 3.8) is 0 Å². The third-order valence-corrected chi connectivity index (χ3v) is 3.36. The van der Waals surface area contributed by atoms with Crippen molar-refractivity contribution in [1.82, 2.24) is 0 Å². The van der Waals surface area contributed by atoms with E-state index in [2.05, 4.69) is 0 Å². The molecule has 1 saturated heterocycles. The van der Waals surface area contributed by atoms with Crippen LogP contribution in [0.4, 0.5) is 0 Å². The maximum atomic E-state index is 9.55. The number of rotatable bonds is 4. The largest absolute Gasteiger partial charge is 0.493 e. The van der Waals surface area contributed by atoms with Crippen LogP contribution in [0.3, 0.4) is 0 Å². The summed E-state index contributed by atoms with van der Waals surface area (Å²) in [4.78, 5) is 0. The van der Waals surface area contributed by atoms with Gasteiger partial charge in [-0.15, -0.1) is 0 Å². The highest BCUT2D eigenvalue weighted by Gasteiger charge is 2.41. The van der Waals surface area contributed by atoms with Crippen LogP contribution in [-0.4, -0.2) is 39.1 Å². The smallest absolute Gasteiger partial charge is 0.161 e. The molecule has 2 rings (SSSR count). The first kappa shape index (κ1) is 12.2. The summed E-state index contributed by atoms with van der Waals surface area (Å²) in [5.74, 6) is 1.40. The second-order valence-corrected chi connectivity index (χ2v) is 4.45. The fourth-order valence-corrected chi connectivity index (χ4v) is 2.23. The molecular formula is C13H18O4. The van der Waals surface area contributed by atoms with E-state index in [1.54, 1.807) is 14.2 Å². The molecule has 0 aromatic heterocycles. The molecule has 0 atom stereocenters. The standard InChI is InChI=1S/C13H18O4/c1-9-4-11(15-2)12(16-3)5-10(9)13(6-14)7-17-8-13/h4-5,14H,6-8H2,1-3H3. The van der Waals surface area contributed by atoms with Gasteiger partial charge in [-0.3, -0.25) is 0 Å². The van der Waals surface area contributed by atoms with Gasteiger partial charge in [0.15, 0.2) is 11.5 Å². The highest BCUT2D eigenvalue weighted by Crippen LogP contribution is 2.39. The van der Waals surface area contributed by atoms with Crippen LogP contribution >= 0.6 is 0 Å². The summed E-state index contributed by atoms with van der Waals surface area (Å²) in [5.41, 5.74) is 1.88. The predicted molar refractivity (Wildman–Crippen MR) is 63.9 cm³/mol. The Labute approximate surface area is 101 Å². The Hall–Kier alpha value is -1.26. The summed E-state index contributed by atoms with van der Waals surface area (Å²) >= 11 is 0. The van der Waals surface area contributed by atoms with E-state index in [-0.39, 0.29) is 12.0 Å². The molecule has 0 radical (unpaired) electrons. The Bertz CT molecular complexity index is 405. The fraction of sp³-hybridized carbons (Fsp3) is 0.538. The zero-order valence-electron chi connectivity index (χ0n) is 10.4. The summed E-state index contributed by atoms with van der Waals surface area (Å²) < 4.78 is 15.8. The zero-order chi connectivity index (χ0) is 12.5. The van der Waals surface area contributed by atoms with Crippen molar-refractivity contribution in [3.8, 4) is 11.5 Å². The molecule has 1 aliphatic rings. The molecule has 4 heteroatoms. The Balaban J connectivity index is 2.47. The molecule has 94 valence electrons. The van der Waals surface area contributed by atoms with Crippen LogP contribution in [0.5, 0.6) is 11.5 Å². The van der Waals surface area contributed by atoms with Gasteiger partial charge in [0.1, 0.15) is 0 Å². The van der Waals surface area contributed by atoms with Gasteiger partial charge in [-0.2, -0.15) is 0 Å². The lowest BCUT2D eigenvalue weighted by Crippen LogP contribution is -2.50. The van der Waals surface area contributed by atoms with Crippen molar-refractivity contribution in [2.45, 2.75) is 12.3 Å². The second-order valence-electron chi connectivity index (χ2n) is 4.45. The average Bonchev–Trinajstić information content (AvgIpc) is 2.29. The number of aliphatic hydroxyl groups is 1. The van der Waals surface area contributed by atoms with Crippen molar-refractivity contribution in [3.05, 3.63) is 23.3 Å². The first-order valence-corrected chi connectivity index (χ1v) is 5.58. The maximum Gasteiger partial charge on any atom is 0.161 e. The molecule has 17 heavy (non-hydrogen) atoms. The van der Waals surface area contributed by atoms with Crippen molar-refractivity contribution in [2.24, 2.45) is 0 Å². The van der Waals surface area contributed by atoms with Crippen LogP contribution in [0.2, 0.25) is 0 Å². The van der Waals surface area contributed by atoms with Crippen LogP contribution in [-0.2, 0) is 10.2 Å². The second kappa shape index (κ2) is 4.55. The summed E-state index contributed by atoms with van der Waals surface area (Å²) in [5, 5.41) is 9.55. The molecule has 0 aliphatic carbocycles. The minimum Gasteiger partial charge on any atom is -0.493 e. The SMILES string of the molecule is COc1cc(C)c(C2(CO)COC2)cc1OC. The van der Waals surface area contributed by atoms with E-state index in [9.17, 15) is 5.11 Å². The molecule has 1 heterocycles. The number of aryl methyl sites for hydroxylation is 1. The lowest BCUT2D eigenvalue weighted by molar-refractivity contribution is -0.0845. The Morgan fingerprint density at radius 2 is 1.82 bits per heavy atom. The molecule has 0 saturated carbocycles. The van der Waals surface area contributed by atoms with Gasteiger partial charge >= 0.3 is 0 Å². The number of aliphatic hydroxyl groups excluding tert-OH is 1. The van der Waals surface area contributed by atoms with E-state index in [0.717, 1.165) is 11.1 Å². The van der Waals surface area contributed by atoms with Gasteiger partial charge in [-0.05, 0) is 30.2 Å². The van der Waals surface area contributed by atoms with Crippen LogP contribution in [0.15, 0.2) is 12.1 Å². The highest BCUT2D eigenvalue weighted by molar-refractivity contribution is 5.50. The lowest BCUT2D eigenvalue weighted by atomic mass is 9.77. The van der Waals surface area contributed by atoms with Gasteiger partial charge in [0, 0.05) is 0 Å². The number of hydrogen-bond acceptors (Lipinski definition) is 4. The van der Waals surface area contributed by atoms with Crippen LogP contribution in [0.1, 0.15) is 11.1 Å². The Morgan fingerprint density at radius 3 is 2.24 bits per heavy atom. The number of benzene rings is 1. The van der Waals surface area contributed by atoms with Gasteiger partial charge in [0.25, 0.3) is 0 Å². The summed E-state index contributed by atoms with van der Waals surface area (Å²) in [6.45, 7) is 3.20. The van der Waals surface area contributed by atoms with Crippen molar-refractivity contribution in [2.75, 3.05) is 34.0 Å². The average molecular weight is 238 g/mol. The topological polar surface area (TPSA) is 47.9 Å². The molecule has 1 aliphatic heterocycles. The van der Waals surface area contributed by atoms with Crippen LogP contribution in [0, 0.1) is 6.92 Å². The van der Waals surface area contributed by atoms with Crippen molar-refractivity contribution in [1.29, 1.82) is 0 Å². The Morgan fingerprint density at radius 1 is 1.24 bits per heavy atom. The van der Waals surface area contributed by atoms with E-state index in [0.29, 0.717) is 24.7 Å². The molecule has 1 aromatic rings. The molecular weight excluding hydrogens is 220 g/mol. The predicted octanol–water partition coefficient (Wildman–Crippen LogP) is 1.27. The molecule has 0 unspecified atom stereocenters. The first-order valence-electron chi connectivity index (χ1n) is 5.58. The summed E-state index contributed by atoms with van der Waals surface area (Å²) in [7, 11) is 3.23. The minimum atomic E-state index is -0.274. The van der Waals surface area contributed by atoms with Crippen LogP contribution < -0.4 is 9.47 Å². The molecule has 1 fully saturated rings. The number of methoxy groups -OCH3 is 2. The fourth-order valence-electron chi connectivity index (χ4n) is 2.23. The van der Waals surface area contributed by atoms with Crippen molar-refractivity contribution < 1.29 is 19.3 Å². The number of hydrogen-bond donors (Lipinski definition) is 1. The van der Waals surface area contributed by atoms with Gasteiger partial charge in [0.05, 0.1) is 39.5 Å².